The number of unbranched alkanes of at least 4 members (excludes halogenated alkanes) is 1. The molecule has 8 nitrogen and oxygen atoms in total. The number of nitrogens with two attached hydrogens (primary N) is 1. The van der Waals surface area contributed by atoms with Gasteiger partial charge in [0.25, 0.3) is 0 Å². The van der Waals surface area contributed by atoms with Crippen LogP contribution < -0.4 is 29.4 Å². The lowest BCUT2D eigenvalue weighted by atomic mass is 9.83. The number of ether oxygens (including phenoxy) is 5. The van der Waals surface area contributed by atoms with Gasteiger partial charge in [-0.15, -0.1) is 0 Å². The first kappa shape index (κ1) is 31.6. The average molecular weight is 646 g/mol. The molecule has 0 aromatic heterocycles. The normalized spacial score (nSPS) is 13.7. The smallest absolute Gasteiger partial charge is 0.343 e. The Morgan fingerprint density at radius 3 is 2.58 bits per heavy atom. The maximum atomic E-state index is 13.0. The predicted molar refractivity (Wildman–Crippen MR) is 171 cm³/mol. The summed E-state index contributed by atoms with van der Waals surface area (Å²) in [6.45, 7) is 2.84. The number of rotatable bonds is 11. The van der Waals surface area contributed by atoms with Crippen LogP contribution in [-0.4, -0.2) is 19.7 Å². The van der Waals surface area contributed by atoms with Crippen LogP contribution in [0.4, 0.5) is 0 Å². The van der Waals surface area contributed by atoms with Crippen LogP contribution in [0, 0.1) is 11.3 Å². The first-order chi connectivity index (χ1) is 21.8. The fourth-order valence-electron chi connectivity index (χ4n) is 4.83. The van der Waals surface area contributed by atoms with Gasteiger partial charge in [-0.05, 0) is 60.5 Å². The van der Waals surface area contributed by atoms with Crippen LogP contribution in [0.3, 0.4) is 0 Å². The Labute approximate surface area is 271 Å². The summed E-state index contributed by atoms with van der Waals surface area (Å²) in [6, 6.07) is 24.5. The number of fused-ring (bicyclic) bond motifs is 1. The van der Waals surface area contributed by atoms with Crippen molar-refractivity contribution < 1.29 is 28.5 Å². The molecular formula is C35H30Cl2N2O6. The summed E-state index contributed by atoms with van der Waals surface area (Å²) in [5.41, 5.74) is 8.94. The van der Waals surface area contributed by atoms with Crippen molar-refractivity contribution in [3.8, 4) is 34.8 Å². The van der Waals surface area contributed by atoms with E-state index >= 15 is 0 Å². The molecule has 4 aromatic rings. The number of nitriles is 1. The van der Waals surface area contributed by atoms with E-state index in [1.54, 1.807) is 72.8 Å². The molecule has 1 heterocycles. The van der Waals surface area contributed by atoms with Crippen LogP contribution in [-0.2, 0) is 6.61 Å². The van der Waals surface area contributed by atoms with Crippen molar-refractivity contribution in [2.45, 2.75) is 32.3 Å². The minimum Gasteiger partial charge on any atom is -0.494 e. The van der Waals surface area contributed by atoms with E-state index in [1.165, 1.54) is 7.11 Å². The zero-order valence-corrected chi connectivity index (χ0v) is 26.2. The molecular weight excluding hydrogens is 615 g/mol. The SMILES string of the molecule is CCCCOc1cccc(C(=O)Oc2ccc3c(c2)OC(N)=C(C#N)C3c2ccc(OCc3ccc(Cl)cc3Cl)c(OC)c2)c1. The molecule has 1 atom stereocenters. The van der Waals surface area contributed by atoms with E-state index in [4.69, 9.17) is 52.6 Å². The number of hydrogen-bond acceptors (Lipinski definition) is 8. The molecule has 0 saturated heterocycles. The van der Waals surface area contributed by atoms with Gasteiger partial charge < -0.3 is 29.4 Å². The fourth-order valence-corrected chi connectivity index (χ4v) is 5.30. The van der Waals surface area contributed by atoms with Gasteiger partial charge in [0, 0.05) is 27.2 Å². The lowest BCUT2D eigenvalue weighted by Gasteiger charge is -2.27. The van der Waals surface area contributed by atoms with Crippen LogP contribution in [0.5, 0.6) is 28.7 Å². The van der Waals surface area contributed by atoms with E-state index < -0.39 is 11.9 Å². The third kappa shape index (κ3) is 7.28. The first-order valence-corrected chi connectivity index (χ1v) is 15.0. The van der Waals surface area contributed by atoms with Crippen molar-refractivity contribution in [1.29, 1.82) is 5.26 Å². The van der Waals surface area contributed by atoms with Gasteiger partial charge in [-0.2, -0.15) is 5.26 Å². The van der Waals surface area contributed by atoms with Crippen LogP contribution in [0.1, 0.15) is 52.7 Å². The summed E-state index contributed by atoms with van der Waals surface area (Å²) >= 11 is 12.3. The predicted octanol–water partition coefficient (Wildman–Crippen LogP) is 8.20. The van der Waals surface area contributed by atoms with Crippen molar-refractivity contribution in [2.24, 2.45) is 5.73 Å². The van der Waals surface area contributed by atoms with Crippen molar-refractivity contribution in [2.75, 3.05) is 13.7 Å². The highest BCUT2D eigenvalue weighted by molar-refractivity contribution is 6.35. The van der Waals surface area contributed by atoms with Gasteiger partial charge in [0.2, 0.25) is 5.88 Å². The van der Waals surface area contributed by atoms with E-state index in [0.717, 1.165) is 24.0 Å². The van der Waals surface area contributed by atoms with Gasteiger partial charge >= 0.3 is 5.97 Å². The first-order valence-electron chi connectivity index (χ1n) is 14.2. The molecule has 2 N–H and O–H groups in total. The molecule has 0 saturated carbocycles. The lowest BCUT2D eigenvalue weighted by molar-refractivity contribution is 0.0734. The van der Waals surface area contributed by atoms with Crippen LogP contribution in [0.15, 0.2) is 90.3 Å². The van der Waals surface area contributed by atoms with Gasteiger partial charge in [0.1, 0.15) is 35.5 Å². The van der Waals surface area contributed by atoms with Crippen LogP contribution in [0.2, 0.25) is 10.0 Å². The Bertz CT molecular complexity index is 1800. The summed E-state index contributed by atoms with van der Waals surface area (Å²) in [7, 11) is 1.53. The van der Waals surface area contributed by atoms with Crippen LogP contribution in [0.25, 0.3) is 0 Å². The standard InChI is InChI=1S/C35H30Cl2N2O6/c1-3-4-14-42-25-7-5-6-22(15-25)35(40)44-26-11-12-27-31(18-26)45-34(39)28(19-38)33(27)21-9-13-30(32(16-21)41-2)43-20-23-8-10-24(36)17-29(23)37/h5-13,15-18,33H,3-4,14,20,39H2,1-2H3. The second kappa shape index (κ2) is 14.3. The molecule has 0 aliphatic carbocycles. The zero-order chi connectivity index (χ0) is 31.9. The number of allylic oxidation sites excluding steroid dienone is 1. The van der Waals surface area contributed by atoms with E-state index in [-0.39, 0.29) is 23.8 Å². The molecule has 1 aliphatic heterocycles. The van der Waals surface area contributed by atoms with E-state index in [2.05, 4.69) is 13.0 Å². The molecule has 1 aliphatic rings. The highest BCUT2D eigenvalue weighted by Crippen LogP contribution is 2.45. The molecule has 1 unspecified atom stereocenters. The van der Waals surface area contributed by atoms with Crippen LogP contribution >= 0.6 is 23.2 Å². The second-order valence-electron chi connectivity index (χ2n) is 10.2. The Morgan fingerprint density at radius 2 is 1.82 bits per heavy atom. The number of hydrogen-bond donors (Lipinski definition) is 1. The van der Waals surface area contributed by atoms with Crippen molar-refractivity contribution in [3.05, 3.63) is 123 Å². The highest BCUT2D eigenvalue weighted by atomic mass is 35.5. The molecule has 0 fully saturated rings. The molecule has 230 valence electrons. The Kier molecular flexibility index (Phi) is 10.0. The number of esters is 1. The maximum Gasteiger partial charge on any atom is 0.343 e. The Balaban J connectivity index is 1.38. The number of carbonyl (C=O) groups excluding carboxylic acids is 1. The Hall–Kier alpha value is -4.84. The van der Waals surface area contributed by atoms with Crippen molar-refractivity contribution in [3.63, 3.8) is 0 Å². The van der Waals surface area contributed by atoms with Gasteiger partial charge in [-0.1, -0.05) is 60.8 Å². The van der Waals surface area contributed by atoms with Gasteiger partial charge in [-0.25, -0.2) is 4.79 Å². The average Bonchev–Trinajstić information content (AvgIpc) is 3.04. The van der Waals surface area contributed by atoms with Gasteiger partial charge in [0.05, 0.1) is 25.2 Å². The van der Waals surface area contributed by atoms with Crippen molar-refractivity contribution >= 4 is 29.2 Å². The molecule has 45 heavy (non-hydrogen) atoms. The largest absolute Gasteiger partial charge is 0.494 e. The molecule has 4 aromatic carbocycles. The summed E-state index contributed by atoms with van der Waals surface area (Å²) < 4.78 is 28.8. The molecule has 5 rings (SSSR count). The zero-order valence-electron chi connectivity index (χ0n) is 24.6. The number of benzene rings is 4. The van der Waals surface area contributed by atoms with Crippen molar-refractivity contribution in [1.82, 2.24) is 0 Å². The molecule has 10 heteroatoms. The molecule has 0 spiro atoms. The molecule has 0 radical (unpaired) electrons. The van der Waals surface area contributed by atoms with E-state index in [0.29, 0.717) is 50.8 Å². The topological polar surface area (TPSA) is 113 Å². The van der Waals surface area contributed by atoms with E-state index in [9.17, 15) is 10.1 Å². The van der Waals surface area contributed by atoms with Gasteiger partial charge in [-0.3, -0.25) is 0 Å². The van der Waals surface area contributed by atoms with E-state index in [1.807, 2.05) is 6.07 Å². The number of methoxy groups -OCH3 is 1. The summed E-state index contributed by atoms with van der Waals surface area (Å²) in [5, 5.41) is 11.0. The fraction of sp³-hybridized carbons (Fsp3) is 0.200. The summed E-state index contributed by atoms with van der Waals surface area (Å²) in [6.07, 6.45) is 1.92. The minimum atomic E-state index is -0.575. The Morgan fingerprint density at radius 1 is 0.978 bits per heavy atom. The second-order valence-corrected chi connectivity index (χ2v) is 11.0. The summed E-state index contributed by atoms with van der Waals surface area (Å²) in [5.74, 6) is 0.966. The monoisotopic (exact) mass is 644 g/mol. The third-order valence-electron chi connectivity index (χ3n) is 7.16. The summed E-state index contributed by atoms with van der Waals surface area (Å²) in [4.78, 5) is 13.0. The molecule has 0 bridgehead atoms. The highest BCUT2D eigenvalue weighted by Gasteiger charge is 2.32. The third-order valence-corrected chi connectivity index (χ3v) is 7.74. The number of halogens is 2. The quantitative estimate of drug-likeness (QED) is 0.0987. The van der Waals surface area contributed by atoms with Gasteiger partial charge in [0.15, 0.2) is 11.5 Å². The lowest BCUT2D eigenvalue weighted by Crippen LogP contribution is -2.21. The number of nitrogens with zero attached hydrogens (tertiary/aromatic N) is 1. The maximum absolute atomic E-state index is 13.0. The number of carbonyl (C=O) groups is 1. The minimum absolute atomic E-state index is 0.0490. The molecule has 0 amide bonds.